The molecule has 26 heavy (non-hydrogen) atoms. The van der Waals surface area contributed by atoms with Crippen LogP contribution in [0.15, 0.2) is 63.0 Å². The van der Waals surface area contributed by atoms with Crippen molar-refractivity contribution in [3.05, 3.63) is 60.1 Å². The molecular formula is C18H19N3O3S2. The standard InChI is InChI=1S/C18H19N3O3S2/c1-13-16(20-18(24-13)14-7-5-4-6-8-14)12-25-17-10-9-15(11-19-17)26(22,23)21(2)3/h4-11H,12H2,1-3H3. The van der Waals surface area contributed by atoms with Crippen LogP contribution in [0.5, 0.6) is 0 Å². The van der Waals surface area contributed by atoms with Gasteiger partial charge in [-0.25, -0.2) is 22.7 Å². The fraction of sp³-hybridized carbons (Fsp3) is 0.222. The number of nitrogens with zero attached hydrogens (tertiary/aromatic N) is 3. The predicted molar refractivity (Wildman–Crippen MR) is 101 cm³/mol. The lowest BCUT2D eigenvalue weighted by Gasteiger charge is -2.10. The van der Waals surface area contributed by atoms with Gasteiger partial charge in [-0.2, -0.15) is 0 Å². The fourth-order valence-electron chi connectivity index (χ4n) is 2.22. The maximum Gasteiger partial charge on any atom is 0.244 e. The zero-order valence-electron chi connectivity index (χ0n) is 14.7. The molecule has 0 spiro atoms. The van der Waals surface area contributed by atoms with Crippen LogP contribution in [0.25, 0.3) is 11.5 Å². The van der Waals surface area contributed by atoms with E-state index in [1.807, 2.05) is 37.3 Å². The number of hydrogen-bond donors (Lipinski definition) is 0. The van der Waals surface area contributed by atoms with E-state index in [0.717, 1.165) is 22.0 Å². The van der Waals surface area contributed by atoms with Gasteiger partial charge >= 0.3 is 0 Å². The Morgan fingerprint density at radius 3 is 2.46 bits per heavy atom. The molecule has 0 N–H and O–H groups in total. The van der Waals surface area contributed by atoms with Gasteiger partial charge in [0, 0.05) is 31.6 Å². The van der Waals surface area contributed by atoms with Gasteiger partial charge in [-0.1, -0.05) is 30.0 Å². The first-order chi connectivity index (χ1) is 12.4. The molecule has 0 aliphatic heterocycles. The molecule has 0 bridgehead atoms. The van der Waals surface area contributed by atoms with Crippen LogP contribution >= 0.6 is 11.8 Å². The van der Waals surface area contributed by atoms with Gasteiger partial charge in [0.2, 0.25) is 15.9 Å². The highest BCUT2D eigenvalue weighted by Gasteiger charge is 2.17. The molecule has 0 radical (unpaired) electrons. The van der Waals surface area contributed by atoms with E-state index in [-0.39, 0.29) is 4.90 Å². The van der Waals surface area contributed by atoms with Gasteiger partial charge in [-0.05, 0) is 31.2 Å². The topological polar surface area (TPSA) is 76.3 Å². The summed E-state index contributed by atoms with van der Waals surface area (Å²) in [5.41, 5.74) is 1.78. The molecule has 136 valence electrons. The Balaban J connectivity index is 1.71. The average molecular weight is 390 g/mol. The number of thioether (sulfide) groups is 1. The van der Waals surface area contributed by atoms with Gasteiger partial charge in [0.25, 0.3) is 0 Å². The zero-order chi connectivity index (χ0) is 18.7. The molecule has 2 aromatic heterocycles. The lowest BCUT2D eigenvalue weighted by molar-refractivity contribution is 0.520. The van der Waals surface area contributed by atoms with Crippen LogP contribution in [-0.2, 0) is 15.8 Å². The number of benzene rings is 1. The smallest absolute Gasteiger partial charge is 0.244 e. The lowest BCUT2D eigenvalue weighted by Crippen LogP contribution is -2.22. The van der Waals surface area contributed by atoms with E-state index < -0.39 is 10.0 Å². The Bertz CT molecular complexity index is 982. The third-order valence-corrected chi connectivity index (χ3v) is 6.51. The monoisotopic (exact) mass is 389 g/mol. The molecule has 0 amide bonds. The summed E-state index contributed by atoms with van der Waals surface area (Å²) in [6.45, 7) is 1.88. The highest BCUT2D eigenvalue weighted by atomic mass is 32.2. The Morgan fingerprint density at radius 2 is 1.85 bits per heavy atom. The number of rotatable bonds is 6. The van der Waals surface area contributed by atoms with Crippen LogP contribution in [0.4, 0.5) is 0 Å². The molecule has 3 aromatic rings. The van der Waals surface area contributed by atoms with Crippen LogP contribution < -0.4 is 0 Å². The Kier molecular flexibility index (Phi) is 5.45. The van der Waals surface area contributed by atoms with E-state index >= 15 is 0 Å². The van der Waals surface area contributed by atoms with Gasteiger partial charge in [-0.15, -0.1) is 0 Å². The van der Waals surface area contributed by atoms with Crippen molar-refractivity contribution in [3.8, 4) is 11.5 Å². The van der Waals surface area contributed by atoms with E-state index in [0.29, 0.717) is 11.6 Å². The van der Waals surface area contributed by atoms with Crippen molar-refractivity contribution < 1.29 is 12.8 Å². The van der Waals surface area contributed by atoms with E-state index in [1.54, 1.807) is 12.1 Å². The summed E-state index contributed by atoms with van der Waals surface area (Å²) in [7, 11) is -0.469. The summed E-state index contributed by atoms with van der Waals surface area (Å²) in [6, 6.07) is 13.0. The molecule has 0 aliphatic rings. The minimum absolute atomic E-state index is 0.177. The normalized spacial score (nSPS) is 11.8. The van der Waals surface area contributed by atoms with E-state index in [1.165, 1.54) is 36.4 Å². The highest BCUT2D eigenvalue weighted by molar-refractivity contribution is 7.98. The summed E-state index contributed by atoms with van der Waals surface area (Å²) in [5.74, 6) is 1.96. The highest BCUT2D eigenvalue weighted by Crippen LogP contribution is 2.27. The second-order valence-electron chi connectivity index (χ2n) is 5.80. The van der Waals surface area contributed by atoms with Crippen molar-refractivity contribution in [2.24, 2.45) is 0 Å². The van der Waals surface area contributed by atoms with Gasteiger partial charge in [-0.3, -0.25) is 0 Å². The summed E-state index contributed by atoms with van der Waals surface area (Å²) in [5, 5.41) is 0.728. The second-order valence-corrected chi connectivity index (χ2v) is 8.94. The maximum atomic E-state index is 12.1. The van der Waals surface area contributed by atoms with Crippen LogP contribution in [0, 0.1) is 6.92 Å². The molecule has 0 unspecified atom stereocenters. The van der Waals surface area contributed by atoms with Gasteiger partial charge < -0.3 is 4.42 Å². The quantitative estimate of drug-likeness (QED) is 0.600. The van der Waals surface area contributed by atoms with E-state index in [9.17, 15) is 8.42 Å². The van der Waals surface area contributed by atoms with Crippen molar-refractivity contribution >= 4 is 21.8 Å². The van der Waals surface area contributed by atoms with Crippen LogP contribution in [0.2, 0.25) is 0 Å². The molecule has 8 heteroatoms. The largest absolute Gasteiger partial charge is 0.441 e. The minimum Gasteiger partial charge on any atom is -0.441 e. The fourth-order valence-corrected chi connectivity index (χ4v) is 3.92. The van der Waals surface area contributed by atoms with Crippen molar-refractivity contribution in [1.29, 1.82) is 0 Å². The van der Waals surface area contributed by atoms with Crippen molar-refractivity contribution in [3.63, 3.8) is 0 Å². The molecule has 0 fully saturated rings. The predicted octanol–water partition coefficient (Wildman–Crippen LogP) is 3.59. The van der Waals surface area contributed by atoms with E-state index in [2.05, 4.69) is 9.97 Å². The molecule has 1 aromatic carbocycles. The van der Waals surface area contributed by atoms with Crippen LogP contribution in [0.1, 0.15) is 11.5 Å². The molecule has 2 heterocycles. The van der Waals surface area contributed by atoms with Gasteiger partial charge in [0.05, 0.1) is 10.7 Å². The first kappa shape index (κ1) is 18.6. The van der Waals surface area contributed by atoms with Gasteiger partial charge in [0.15, 0.2) is 0 Å². The third-order valence-electron chi connectivity index (χ3n) is 3.76. The Labute approximate surface area is 157 Å². The number of pyridine rings is 1. The number of oxazole rings is 1. The van der Waals surface area contributed by atoms with Crippen molar-refractivity contribution in [2.75, 3.05) is 14.1 Å². The van der Waals surface area contributed by atoms with Crippen molar-refractivity contribution in [2.45, 2.75) is 22.6 Å². The van der Waals surface area contributed by atoms with Crippen LogP contribution in [-0.4, -0.2) is 36.8 Å². The Morgan fingerprint density at radius 1 is 1.12 bits per heavy atom. The summed E-state index contributed by atoms with van der Waals surface area (Å²) >= 11 is 1.48. The number of aromatic nitrogens is 2. The molecule has 0 saturated heterocycles. The molecule has 0 aliphatic carbocycles. The number of aryl methyl sites for hydroxylation is 1. The maximum absolute atomic E-state index is 12.1. The van der Waals surface area contributed by atoms with Crippen molar-refractivity contribution in [1.82, 2.24) is 14.3 Å². The summed E-state index contributed by atoms with van der Waals surface area (Å²) < 4.78 is 31.0. The Hall–Kier alpha value is -2.16. The summed E-state index contributed by atoms with van der Waals surface area (Å²) in [6.07, 6.45) is 1.38. The molecule has 0 atom stereocenters. The SMILES string of the molecule is Cc1oc(-c2ccccc2)nc1CSc1ccc(S(=O)(=O)N(C)C)cn1. The number of hydrogen-bond acceptors (Lipinski definition) is 6. The first-order valence-corrected chi connectivity index (χ1v) is 10.3. The van der Waals surface area contributed by atoms with Gasteiger partial charge in [0.1, 0.15) is 10.7 Å². The average Bonchev–Trinajstić information content (AvgIpc) is 3.02. The zero-order valence-corrected chi connectivity index (χ0v) is 16.3. The second kappa shape index (κ2) is 7.61. The van der Waals surface area contributed by atoms with Crippen LogP contribution in [0.3, 0.4) is 0 Å². The third kappa shape index (κ3) is 3.98. The minimum atomic E-state index is -3.46. The summed E-state index contributed by atoms with van der Waals surface area (Å²) in [4.78, 5) is 8.97. The lowest BCUT2D eigenvalue weighted by atomic mass is 10.2. The molecular weight excluding hydrogens is 370 g/mol. The first-order valence-electron chi connectivity index (χ1n) is 7.91. The molecule has 3 rings (SSSR count). The molecule has 6 nitrogen and oxygen atoms in total. The van der Waals surface area contributed by atoms with E-state index in [4.69, 9.17) is 4.42 Å². The molecule has 0 saturated carbocycles. The number of sulfonamides is 1.